The van der Waals surface area contributed by atoms with Crippen molar-refractivity contribution in [3.05, 3.63) is 22.2 Å². The van der Waals surface area contributed by atoms with Gasteiger partial charge in [0, 0.05) is 11.3 Å². The van der Waals surface area contributed by atoms with Crippen molar-refractivity contribution >= 4 is 28.7 Å². The van der Waals surface area contributed by atoms with Crippen molar-refractivity contribution in [1.82, 2.24) is 0 Å². The zero-order chi connectivity index (χ0) is 11.6. The van der Waals surface area contributed by atoms with Crippen LogP contribution in [-0.2, 0) is 10.8 Å². The minimum Gasteiger partial charge on any atom is -0.506 e. The molecule has 3 nitrogen and oxygen atoms in total. The Bertz CT molecular complexity index is 429. The first-order chi connectivity index (χ1) is 7.02. The molecule has 0 aliphatic rings. The molecule has 0 bridgehead atoms. The van der Waals surface area contributed by atoms with Gasteiger partial charge in [-0.15, -0.1) is 0 Å². The van der Waals surface area contributed by atoms with Crippen LogP contribution < -0.4 is 0 Å². The Balaban J connectivity index is 3.54. The number of carbonyl (C=O) groups is 1. The van der Waals surface area contributed by atoms with Crippen molar-refractivity contribution in [1.29, 1.82) is 0 Å². The average molecular weight is 247 g/mol. The van der Waals surface area contributed by atoms with Crippen molar-refractivity contribution < 1.29 is 14.1 Å². The summed E-state index contributed by atoms with van der Waals surface area (Å²) >= 11 is 5.84. The van der Waals surface area contributed by atoms with Crippen molar-refractivity contribution in [3.8, 4) is 5.75 Å². The van der Waals surface area contributed by atoms with Crippen LogP contribution in [0.5, 0.6) is 5.75 Å². The van der Waals surface area contributed by atoms with Gasteiger partial charge in [-0.25, -0.2) is 0 Å². The second-order valence-corrected chi connectivity index (χ2v) is 5.06. The number of phenolic OH excluding ortho intramolecular Hbond substituents is 1. The minimum atomic E-state index is -1.29. The van der Waals surface area contributed by atoms with Crippen LogP contribution in [0.3, 0.4) is 0 Å². The number of aldehydes is 1. The van der Waals surface area contributed by atoms with Crippen LogP contribution in [0.1, 0.15) is 22.8 Å². The Hall–Kier alpha value is -0.870. The van der Waals surface area contributed by atoms with Crippen LogP contribution in [-0.4, -0.2) is 21.4 Å². The predicted octanol–water partition coefficient (Wildman–Crippen LogP) is 2.29. The molecule has 82 valence electrons. The van der Waals surface area contributed by atoms with Gasteiger partial charge < -0.3 is 5.11 Å². The van der Waals surface area contributed by atoms with E-state index in [4.69, 9.17) is 11.6 Å². The fraction of sp³-hybridized carbons (Fsp3) is 0.300. The van der Waals surface area contributed by atoms with E-state index in [1.807, 2.05) is 0 Å². The zero-order valence-electron chi connectivity index (χ0n) is 8.41. The van der Waals surface area contributed by atoms with Gasteiger partial charge in [-0.1, -0.05) is 18.5 Å². The molecule has 1 atom stereocenters. The number of phenols is 1. The van der Waals surface area contributed by atoms with Crippen molar-refractivity contribution in [2.24, 2.45) is 0 Å². The highest BCUT2D eigenvalue weighted by atomic mass is 35.5. The number of halogens is 1. The Morgan fingerprint density at radius 3 is 2.67 bits per heavy atom. The maximum absolute atomic E-state index is 11.7. The molecular formula is C10H11ClO3S. The van der Waals surface area contributed by atoms with Gasteiger partial charge in [-0.3, -0.25) is 9.00 Å². The van der Waals surface area contributed by atoms with Crippen molar-refractivity contribution in [2.45, 2.75) is 18.7 Å². The third-order valence-corrected chi connectivity index (χ3v) is 4.09. The first-order valence-corrected chi connectivity index (χ1v) is 6.08. The first-order valence-electron chi connectivity index (χ1n) is 4.38. The van der Waals surface area contributed by atoms with Crippen LogP contribution in [0.25, 0.3) is 0 Å². The normalized spacial score (nSPS) is 12.5. The van der Waals surface area contributed by atoms with Crippen LogP contribution in [0.2, 0.25) is 5.02 Å². The van der Waals surface area contributed by atoms with E-state index in [2.05, 4.69) is 0 Å². The third-order valence-electron chi connectivity index (χ3n) is 2.11. The Kier molecular flexibility index (Phi) is 3.88. The second-order valence-electron chi connectivity index (χ2n) is 3.01. The standard InChI is InChI=1S/C10H11ClO3S/c1-3-15(14)10-6(2)7(5-12)4-8(13)9(10)11/h4-5,13H,3H2,1-2H3. The molecule has 1 aromatic rings. The summed E-state index contributed by atoms with van der Waals surface area (Å²) in [5.41, 5.74) is 0.877. The molecule has 0 saturated heterocycles. The molecule has 1 rings (SSSR count). The first kappa shape index (κ1) is 12.2. The summed E-state index contributed by atoms with van der Waals surface area (Å²) in [7, 11) is -1.29. The molecule has 0 radical (unpaired) electrons. The highest BCUT2D eigenvalue weighted by molar-refractivity contribution is 7.85. The molecule has 1 N–H and O–H groups in total. The maximum atomic E-state index is 11.7. The molecule has 5 heteroatoms. The summed E-state index contributed by atoms with van der Waals surface area (Å²) in [5.74, 6) is 0.184. The summed E-state index contributed by atoms with van der Waals surface area (Å²) < 4.78 is 11.7. The lowest BCUT2D eigenvalue weighted by molar-refractivity contribution is 0.112. The summed E-state index contributed by atoms with van der Waals surface area (Å²) in [6.45, 7) is 3.41. The number of hydrogen-bond acceptors (Lipinski definition) is 3. The lowest BCUT2D eigenvalue weighted by Crippen LogP contribution is -2.01. The average Bonchev–Trinajstić information content (AvgIpc) is 2.23. The van der Waals surface area contributed by atoms with Gasteiger partial charge in [0.15, 0.2) is 0 Å². The third kappa shape index (κ3) is 2.21. The molecule has 0 aliphatic carbocycles. The van der Waals surface area contributed by atoms with Gasteiger partial charge >= 0.3 is 0 Å². The lowest BCUT2D eigenvalue weighted by atomic mass is 10.1. The number of benzene rings is 1. The molecule has 0 fully saturated rings. The molecule has 0 aromatic heterocycles. The van der Waals surface area contributed by atoms with E-state index in [0.717, 1.165) is 0 Å². The van der Waals surface area contributed by atoms with Gasteiger partial charge in [0.25, 0.3) is 0 Å². The number of hydrogen-bond donors (Lipinski definition) is 1. The molecule has 0 heterocycles. The summed E-state index contributed by atoms with van der Waals surface area (Å²) in [4.78, 5) is 11.0. The van der Waals surface area contributed by atoms with E-state index in [1.54, 1.807) is 13.8 Å². The highest BCUT2D eigenvalue weighted by Gasteiger charge is 2.17. The molecule has 1 unspecified atom stereocenters. The van der Waals surface area contributed by atoms with Crippen molar-refractivity contribution in [3.63, 3.8) is 0 Å². The van der Waals surface area contributed by atoms with Crippen LogP contribution >= 0.6 is 11.6 Å². The summed E-state index contributed by atoms with van der Waals surface area (Å²) in [6.07, 6.45) is 0.613. The van der Waals surface area contributed by atoms with E-state index >= 15 is 0 Å². The number of carbonyl (C=O) groups excluding carboxylic acids is 1. The second kappa shape index (κ2) is 4.77. The molecule has 0 spiro atoms. The predicted molar refractivity (Wildman–Crippen MR) is 60.2 cm³/mol. The molecule has 0 amide bonds. The fourth-order valence-electron chi connectivity index (χ4n) is 1.27. The maximum Gasteiger partial charge on any atom is 0.150 e. The molecule has 0 aliphatic heterocycles. The molecule has 1 aromatic carbocycles. The van der Waals surface area contributed by atoms with Gasteiger partial charge in [-0.2, -0.15) is 0 Å². The summed E-state index contributed by atoms with van der Waals surface area (Å²) in [5, 5.41) is 9.52. The van der Waals surface area contributed by atoms with E-state index in [0.29, 0.717) is 28.1 Å². The lowest BCUT2D eigenvalue weighted by Gasteiger charge is -2.10. The van der Waals surface area contributed by atoms with E-state index in [-0.39, 0.29) is 10.8 Å². The molecule has 0 saturated carbocycles. The quantitative estimate of drug-likeness (QED) is 0.833. The topological polar surface area (TPSA) is 54.4 Å². The van der Waals surface area contributed by atoms with Gasteiger partial charge in [0.1, 0.15) is 12.0 Å². The Labute approximate surface area is 95.5 Å². The van der Waals surface area contributed by atoms with Crippen LogP contribution in [0, 0.1) is 6.92 Å². The van der Waals surface area contributed by atoms with Crippen molar-refractivity contribution in [2.75, 3.05) is 5.75 Å². The molecule has 15 heavy (non-hydrogen) atoms. The van der Waals surface area contributed by atoms with Crippen LogP contribution in [0.15, 0.2) is 11.0 Å². The van der Waals surface area contributed by atoms with E-state index in [1.165, 1.54) is 6.07 Å². The van der Waals surface area contributed by atoms with E-state index < -0.39 is 10.8 Å². The molecular weight excluding hydrogens is 236 g/mol. The van der Waals surface area contributed by atoms with E-state index in [9.17, 15) is 14.1 Å². The zero-order valence-corrected chi connectivity index (χ0v) is 9.98. The van der Waals surface area contributed by atoms with Gasteiger partial charge in [0.2, 0.25) is 0 Å². The highest BCUT2D eigenvalue weighted by Crippen LogP contribution is 2.34. The monoisotopic (exact) mass is 246 g/mol. The van der Waals surface area contributed by atoms with Crippen LogP contribution in [0.4, 0.5) is 0 Å². The van der Waals surface area contributed by atoms with Gasteiger partial charge in [0.05, 0.1) is 20.7 Å². The number of rotatable bonds is 3. The SMILES string of the molecule is CCS(=O)c1c(C)c(C=O)cc(O)c1Cl. The Morgan fingerprint density at radius 1 is 1.60 bits per heavy atom. The smallest absolute Gasteiger partial charge is 0.150 e. The summed E-state index contributed by atoms with van der Waals surface area (Å²) in [6, 6.07) is 1.28. The number of aromatic hydroxyl groups is 1. The van der Waals surface area contributed by atoms with Gasteiger partial charge in [-0.05, 0) is 18.6 Å². The Morgan fingerprint density at radius 2 is 2.20 bits per heavy atom. The largest absolute Gasteiger partial charge is 0.506 e. The fourth-order valence-corrected chi connectivity index (χ4v) is 2.78. The minimum absolute atomic E-state index is 0.0679.